The predicted molar refractivity (Wildman–Crippen MR) is 21.6 cm³/mol. The van der Waals surface area contributed by atoms with E-state index in [0.29, 0.717) is 0 Å². The van der Waals surface area contributed by atoms with E-state index in [9.17, 15) is 0 Å². The highest BCUT2D eigenvalue weighted by atomic mass is 19.0. The van der Waals surface area contributed by atoms with Gasteiger partial charge in [-0.05, 0) is 0 Å². The summed E-state index contributed by atoms with van der Waals surface area (Å²) in [5, 5.41) is 1.75. The average Bonchev–Trinajstić information content (AvgIpc) is 0.918. The number of rotatable bonds is 0. The van der Waals surface area contributed by atoms with E-state index in [4.69, 9.17) is 4.91 Å². The third-order valence-electron chi connectivity index (χ3n) is 0. The van der Waals surface area contributed by atoms with Crippen molar-refractivity contribution in [1.82, 2.24) is 0 Å². The third kappa shape index (κ3) is 163. The van der Waals surface area contributed by atoms with Crippen LogP contribution in [0.4, 0.5) is 18.8 Å². The van der Waals surface area contributed by atoms with Gasteiger partial charge in [0.25, 0.3) is 0 Å². The molecular weight excluding hydrogens is 117 g/mol. The van der Waals surface area contributed by atoms with Gasteiger partial charge in [0.15, 0.2) is 0 Å². The van der Waals surface area contributed by atoms with Crippen molar-refractivity contribution in [3.63, 3.8) is 0 Å². The summed E-state index contributed by atoms with van der Waals surface area (Å²) in [5.41, 5.74) is 0. The summed E-state index contributed by atoms with van der Waals surface area (Å²) >= 11 is 0. The monoisotopic (exact) mass is 121 g/mol. The fourth-order valence-electron chi connectivity index (χ4n) is 0. The van der Waals surface area contributed by atoms with Gasteiger partial charge in [0.05, 0.1) is 0 Å². The summed E-state index contributed by atoms with van der Waals surface area (Å²) in [5.74, 6) is 0. The average molecular weight is 121 g/mol. The van der Waals surface area contributed by atoms with Crippen molar-refractivity contribution in [2.45, 2.75) is 0 Å². The lowest BCUT2D eigenvalue weighted by Gasteiger charge is -1.25. The molecular formula is H4BF4NO. The smallest absolute Gasteiger partial charge is 0.269 e. The molecule has 0 heterocycles. The molecule has 0 aliphatic rings. The lowest BCUT2D eigenvalue weighted by atomic mass is 10.5. The standard InChI is InChI=1S/BNO.4FH/c1-2-3;;;;/h;4*1H. The normalized spacial score (nSPS) is 1.71. The highest BCUT2D eigenvalue weighted by molar-refractivity contribution is 6.05. The first kappa shape index (κ1) is 96.5. The fourth-order valence-corrected chi connectivity index (χ4v) is 0. The first-order valence-electron chi connectivity index (χ1n) is 0.441. The summed E-state index contributed by atoms with van der Waals surface area (Å²) in [6.45, 7) is 0. The maximum atomic E-state index is 8.33. The Bertz CT molecular complexity index is 19.2. The molecule has 0 aromatic carbocycles. The summed E-state index contributed by atoms with van der Waals surface area (Å²) in [7, 11) is 3.92. The highest BCUT2D eigenvalue weighted by Crippen LogP contribution is 1.23. The third-order valence-corrected chi connectivity index (χ3v) is 0. The molecule has 0 spiro atoms. The van der Waals surface area contributed by atoms with Gasteiger partial charge in [-0.1, -0.05) is 0 Å². The van der Waals surface area contributed by atoms with Crippen LogP contribution in [0.15, 0.2) is 5.09 Å². The minimum absolute atomic E-state index is 0. The Hall–Kier alpha value is -0.615. The molecule has 7 heavy (non-hydrogen) atoms. The van der Waals surface area contributed by atoms with Gasteiger partial charge in [-0.3, -0.25) is 18.8 Å². The van der Waals surface area contributed by atoms with Crippen LogP contribution >= 0.6 is 0 Å². The van der Waals surface area contributed by atoms with Crippen molar-refractivity contribution in [1.29, 1.82) is 0 Å². The molecule has 0 atom stereocenters. The first-order chi connectivity index (χ1) is 1.41. The molecule has 0 saturated carbocycles. The highest BCUT2D eigenvalue weighted by Gasteiger charge is 1.26. The van der Waals surface area contributed by atoms with Crippen LogP contribution in [-0.2, 0) is 0 Å². The van der Waals surface area contributed by atoms with Crippen LogP contribution < -0.4 is 0 Å². The van der Waals surface area contributed by atoms with Crippen molar-refractivity contribution in [2.75, 3.05) is 0 Å². The Balaban J connectivity index is -0.00000000333. The van der Waals surface area contributed by atoms with E-state index in [1.807, 2.05) is 0 Å². The molecule has 2 nitrogen and oxygen atoms in total. The van der Waals surface area contributed by atoms with Gasteiger partial charge < -0.3 is 0 Å². The van der Waals surface area contributed by atoms with Crippen LogP contribution in [0.1, 0.15) is 0 Å². The van der Waals surface area contributed by atoms with Gasteiger partial charge in [-0.2, -0.15) is 9.99 Å². The Labute approximate surface area is 38.2 Å². The summed E-state index contributed by atoms with van der Waals surface area (Å²) in [4.78, 5) is 8.33. The van der Waals surface area contributed by atoms with Crippen molar-refractivity contribution >= 4 is 7.98 Å². The minimum atomic E-state index is 0. The topological polar surface area (TPSA) is 29.4 Å². The quantitative estimate of drug-likeness (QED) is 0.259. The summed E-state index contributed by atoms with van der Waals surface area (Å²) in [6.07, 6.45) is 0. The molecule has 0 N–H and O–H groups in total. The zero-order valence-corrected chi connectivity index (χ0v) is 3.07. The van der Waals surface area contributed by atoms with Gasteiger partial charge in [0.2, 0.25) is 0 Å². The summed E-state index contributed by atoms with van der Waals surface area (Å²) in [6, 6.07) is 0. The molecule has 0 aliphatic heterocycles. The molecule has 2 radical (unpaired) electrons. The van der Waals surface area contributed by atoms with Crippen molar-refractivity contribution in [3.8, 4) is 0 Å². The number of hydrogen-bond donors (Lipinski definition) is 0. The van der Waals surface area contributed by atoms with E-state index in [0.717, 1.165) is 0 Å². The maximum Gasteiger partial charge on any atom is 0.325 e. The number of halogens is 4. The number of nitrogens with zero attached hydrogens (tertiary/aromatic N) is 1. The molecule has 0 aromatic rings. The van der Waals surface area contributed by atoms with E-state index in [1.54, 1.807) is 5.09 Å². The zero-order chi connectivity index (χ0) is 2.71. The van der Waals surface area contributed by atoms with Crippen LogP contribution in [0.2, 0.25) is 0 Å². The van der Waals surface area contributed by atoms with Gasteiger partial charge in [-0.25, -0.2) is 0 Å². The fraction of sp³-hybridized carbons (Fsp3) is 0. The molecule has 46 valence electrons. The second kappa shape index (κ2) is 699. The van der Waals surface area contributed by atoms with Gasteiger partial charge >= 0.3 is 7.98 Å². The van der Waals surface area contributed by atoms with Gasteiger partial charge in [-0.15, -0.1) is 0 Å². The molecule has 0 amide bonds. The molecule has 0 aromatic heterocycles. The largest absolute Gasteiger partial charge is 0.325 e. The molecule has 0 bridgehead atoms. The molecule has 0 fully saturated rings. The second-order valence-corrected chi connectivity index (χ2v) is 0.105. The van der Waals surface area contributed by atoms with Gasteiger partial charge in [0, 0.05) is 0 Å². The van der Waals surface area contributed by atoms with E-state index in [1.165, 1.54) is 0 Å². The van der Waals surface area contributed by atoms with Gasteiger partial charge in [0.1, 0.15) is 0 Å². The number of hydrogen-bond acceptors (Lipinski definition) is 2. The van der Waals surface area contributed by atoms with E-state index in [2.05, 4.69) is 7.98 Å². The molecule has 7 heteroatoms. The van der Waals surface area contributed by atoms with Crippen LogP contribution in [-0.4, -0.2) is 7.98 Å². The molecule has 0 unspecified atom stereocenters. The summed E-state index contributed by atoms with van der Waals surface area (Å²) < 4.78 is 0. The Morgan fingerprint density at radius 3 is 1.00 bits per heavy atom. The van der Waals surface area contributed by atoms with Crippen LogP contribution in [0.5, 0.6) is 0 Å². The molecule has 0 saturated heterocycles. The van der Waals surface area contributed by atoms with Crippen molar-refractivity contribution in [2.24, 2.45) is 5.09 Å². The molecule has 0 rings (SSSR count). The van der Waals surface area contributed by atoms with E-state index >= 15 is 0 Å². The predicted octanol–water partition coefficient (Wildman–Crippen LogP) is 0.446. The van der Waals surface area contributed by atoms with Crippen molar-refractivity contribution < 1.29 is 18.8 Å². The first-order valence-corrected chi connectivity index (χ1v) is 0.441. The Morgan fingerprint density at radius 1 is 1.00 bits per heavy atom. The lowest BCUT2D eigenvalue weighted by Crippen LogP contribution is -1.29. The lowest BCUT2D eigenvalue weighted by molar-refractivity contribution is 1.11. The SMILES string of the molecule is F.F.F.F.[B]N=O. The number of nitroso groups, excluding NO2 is 1. The van der Waals surface area contributed by atoms with E-state index < -0.39 is 0 Å². The van der Waals surface area contributed by atoms with E-state index in [-0.39, 0.29) is 18.8 Å². The minimum Gasteiger partial charge on any atom is -0.269 e. The second-order valence-electron chi connectivity index (χ2n) is 0.105. The van der Waals surface area contributed by atoms with Crippen LogP contribution in [0.3, 0.4) is 0 Å². The van der Waals surface area contributed by atoms with Crippen molar-refractivity contribution in [3.05, 3.63) is 4.91 Å². The van der Waals surface area contributed by atoms with Crippen LogP contribution in [0.25, 0.3) is 0 Å². The Morgan fingerprint density at radius 2 is 1.00 bits per heavy atom. The maximum absolute atomic E-state index is 8.33. The Kier molecular flexibility index (Phi) is 9640. The molecule has 0 aliphatic carbocycles. The van der Waals surface area contributed by atoms with Crippen LogP contribution in [0, 0.1) is 4.91 Å². The zero-order valence-electron chi connectivity index (χ0n) is 3.07.